The minimum atomic E-state index is -0.392. The topological polar surface area (TPSA) is 56.0 Å². The number of nitro groups is 1. The Morgan fingerprint density at radius 2 is 1.45 bits per heavy atom. The fraction of sp³-hybridized carbons (Fsp3) is 0.0556. The molecule has 0 aliphatic rings. The Morgan fingerprint density at radius 3 is 2.09 bits per heavy atom. The van der Waals surface area contributed by atoms with E-state index >= 15 is 0 Å². The van der Waals surface area contributed by atoms with Gasteiger partial charge in [-0.15, -0.1) is 0 Å². The highest BCUT2D eigenvalue weighted by Crippen LogP contribution is 2.32. The normalized spacial score (nSPS) is 10.4. The van der Waals surface area contributed by atoms with Crippen LogP contribution < -0.4 is 0 Å². The molecule has 108 valence electrons. The van der Waals surface area contributed by atoms with Crippen molar-refractivity contribution >= 4 is 5.69 Å². The lowest BCUT2D eigenvalue weighted by atomic mass is 9.96. The van der Waals surface area contributed by atoms with Crippen molar-refractivity contribution in [2.45, 2.75) is 6.92 Å². The highest BCUT2D eigenvalue weighted by Gasteiger charge is 2.10. The van der Waals surface area contributed by atoms with E-state index in [0.717, 1.165) is 22.3 Å². The van der Waals surface area contributed by atoms with Crippen molar-refractivity contribution in [2.24, 2.45) is 0 Å². The smallest absolute Gasteiger partial charge is 0.264 e. The molecule has 0 aliphatic carbocycles. The summed E-state index contributed by atoms with van der Waals surface area (Å²) in [5.74, 6) is 0. The minimum Gasteiger partial charge on any atom is -0.264 e. The molecule has 0 amide bonds. The van der Waals surface area contributed by atoms with Crippen LogP contribution in [0, 0.1) is 17.0 Å². The fourth-order valence-electron chi connectivity index (χ4n) is 2.37. The summed E-state index contributed by atoms with van der Waals surface area (Å²) in [6.07, 6.45) is 3.55. The van der Waals surface area contributed by atoms with Gasteiger partial charge in [-0.25, -0.2) is 0 Å². The molecule has 0 spiro atoms. The summed E-state index contributed by atoms with van der Waals surface area (Å²) in [5, 5.41) is 10.8. The van der Waals surface area contributed by atoms with Crippen LogP contribution in [0.2, 0.25) is 0 Å². The minimum absolute atomic E-state index is 0.0923. The molecule has 4 heteroatoms. The molecule has 22 heavy (non-hydrogen) atoms. The summed E-state index contributed by atoms with van der Waals surface area (Å²) in [4.78, 5) is 14.6. The first-order valence-electron chi connectivity index (χ1n) is 6.91. The van der Waals surface area contributed by atoms with Crippen molar-refractivity contribution < 1.29 is 4.92 Å². The van der Waals surface area contributed by atoms with Gasteiger partial charge in [-0.05, 0) is 41.8 Å². The fourth-order valence-corrected chi connectivity index (χ4v) is 2.37. The maximum atomic E-state index is 10.8. The standard InChI is InChI=1S/C18H14N2O2/c1-13-2-4-15(5-3-13)18-12-19-11-10-17(18)14-6-8-16(9-7-14)20(21)22/h2-12H,1H3. The number of hydrogen-bond acceptors (Lipinski definition) is 3. The maximum Gasteiger partial charge on any atom is 0.269 e. The first-order chi connectivity index (χ1) is 10.6. The lowest BCUT2D eigenvalue weighted by Gasteiger charge is -2.09. The van der Waals surface area contributed by atoms with Gasteiger partial charge < -0.3 is 0 Å². The summed E-state index contributed by atoms with van der Waals surface area (Å²) in [7, 11) is 0. The van der Waals surface area contributed by atoms with Crippen LogP contribution in [0.5, 0.6) is 0 Å². The average Bonchev–Trinajstić information content (AvgIpc) is 2.56. The van der Waals surface area contributed by atoms with E-state index in [0.29, 0.717) is 0 Å². The number of non-ortho nitro benzene ring substituents is 1. The lowest BCUT2D eigenvalue weighted by molar-refractivity contribution is -0.384. The van der Waals surface area contributed by atoms with Crippen molar-refractivity contribution in [3.8, 4) is 22.3 Å². The molecule has 3 rings (SSSR count). The van der Waals surface area contributed by atoms with Gasteiger partial charge in [0.2, 0.25) is 0 Å². The Labute approximate surface area is 128 Å². The van der Waals surface area contributed by atoms with Crippen LogP contribution in [0.4, 0.5) is 5.69 Å². The Balaban J connectivity index is 2.08. The van der Waals surface area contributed by atoms with Gasteiger partial charge in [0.25, 0.3) is 5.69 Å². The van der Waals surface area contributed by atoms with E-state index in [4.69, 9.17) is 0 Å². The van der Waals surface area contributed by atoms with Crippen LogP contribution in [0.25, 0.3) is 22.3 Å². The lowest BCUT2D eigenvalue weighted by Crippen LogP contribution is -1.89. The van der Waals surface area contributed by atoms with Crippen LogP contribution in [0.1, 0.15) is 5.56 Å². The zero-order valence-corrected chi connectivity index (χ0v) is 12.1. The van der Waals surface area contributed by atoms with Gasteiger partial charge in [-0.1, -0.05) is 29.8 Å². The quantitative estimate of drug-likeness (QED) is 0.522. The predicted octanol–water partition coefficient (Wildman–Crippen LogP) is 4.63. The highest BCUT2D eigenvalue weighted by atomic mass is 16.6. The van der Waals surface area contributed by atoms with Crippen molar-refractivity contribution in [3.63, 3.8) is 0 Å². The maximum absolute atomic E-state index is 10.8. The van der Waals surface area contributed by atoms with Crippen LogP contribution in [0.3, 0.4) is 0 Å². The van der Waals surface area contributed by atoms with Crippen molar-refractivity contribution in [1.29, 1.82) is 0 Å². The summed E-state index contributed by atoms with van der Waals surface area (Å²) in [5.41, 5.74) is 5.32. The summed E-state index contributed by atoms with van der Waals surface area (Å²) in [6.45, 7) is 2.05. The van der Waals surface area contributed by atoms with E-state index < -0.39 is 4.92 Å². The number of hydrogen-bond donors (Lipinski definition) is 0. The first-order valence-corrected chi connectivity index (χ1v) is 6.91. The molecule has 4 nitrogen and oxygen atoms in total. The van der Waals surface area contributed by atoms with Gasteiger partial charge in [0.15, 0.2) is 0 Å². The highest BCUT2D eigenvalue weighted by molar-refractivity contribution is 5.83. The number of aryl methyl sites for hydroxylation is 1. The molecule has 0 fully saturated rings. The Morgan fingerprint density at radius 1 is 0.864 bits per heavy atom. The van der Waals surface area contributed by atoms with Crippen LogP contribution in [-0.4, -0.2) is 9.91 Å². The van der Waals surface area contributed by atoms with Crippen molar-refractivity contribution in [3.05, 3.63) is 82.7 Å². The molecule has 0 bridgehead atoms. The van der Waals surface area contributed by atoms with Gasteiger partial charge in [0.05, 0.1) is 4.92 Å². The molecule has 0 N–H and O–H groups in total. The van der Waals surface area contributed by atoms with Crippen molar-refractivity contribution in [1.82, 2.24) is 4.98 Å². The molecule has 2 aromatic carbocycles. The van der Waals surface area contributed by atoms with Crippen molar-refractivity contribution in [2.75, 3.05) is 0 Å². The molecule has 0 unspecified atom stereocenters. The second-order valence-electron chi connectivity index (χ2n) is 5.09. The van der Waals surface area contributed by atoms with Crippen LogP contribution >= 0.6 is 0 Å². The molecule has 0 saturated carbocycles. The molecular formula is C18H14N2O2. The monoisotopic (exact) mass is 290 g/mol. The third-order valence-electron chi connectivity index (χ3n) is 3.57. The molecule has 0 saturated heterocycles. The zero-order chi connectivity index (χ0) is 15.5. The predicted molar refractivity (Wildman–Crippen MR) is 86.5 cm³/mol. The molecule has 0 aliphatic heterocycles. The molecule has 1 heterocycles. The largest absolute Gasteiger partial charge is 0.269 e. The Hall–Kier alpha value is -3.01. The Bertz CT molecular complexity index is 809. The van der Waals surface area contributed by atoms with Gasteiger partial charge in [-0.3, -0.25) is 15.1 Å². The molecule has 0 radical (unpaired) electrons. The molecule has 0 atom stereocenters. The van der Waals surface area contributed by atoms with E-state index in [1.54, 1.807) is 18.3 Å². The number of nitro benzene ring substituents is 1. The second kappa shape index (κ2) is 5.77. The zero-order valence-electron chi connectivity index (χ0n) is 12.1. The number of aromatic nitrogens is 1. The van der Waals surface area contributed by atoms with Gasteiger partial charge in [-0.2, -0.15) is 0 Å². The van der Waals surface area contributed by atoms with E-state index in [9.17, 15) is 10.1 Å². The number of pyridine rings is 1. The first kappa shape index (κ1) is 13.9. The average molecular weight is 290 g/mol. The third-order valence-corrected chi connectivity index (χ3v) is 3.57. The number of benzene rings is 2. The van der Waals surface area contributed by atoms with Gasteiger partial charge >= 0.3 is 0 Å². The summed E-state index contributed by atoms with van der Waals surface area (Å²) >= 11 is 0. The van der Waals surface area contributed by atoms with Crippen LogP contribution in [0.15, 0.2) is 67.0 Å². The Kier molecular flexibility index (Phi) is 3.66. The van der Waals surface area contributed by atoms with E-state index in [2.05, 4.69) is 29.2 Å². The third kappa shape index (κ3) is 2.72. The summed E-state index contributed by atoms with van der Waals surface area (Å²) < 4.78 is 0. The van der Waals surface area contributed by atoms with Gasteiger partial charge in [0.1, 0.15) is 0 Å². The molecular weight excluding hydrogens is 276 g/mol. The van der Waals surface area contributed by atoms with E-state index in [1.807, 2.05) is 19.2 Å². The summed E-state index contributed by atoms with van der Waals surface area (Å²) in [6, 6.07) is 16.7. The van der Waals surface area contributed by atoms with Crippen LogP contribution in [-0.2, 0) is 0 Å². The second-order valence-corrected chi connectivity index (χ2v) is 5.09. The van der Waals surface area contributed by atoms with Gasteiger partial charge in [0, 0.05) is 30.1 Å². The molecule has 1 aromatic heterocycles. The van der Waals surface area contributed by atoms with E-state index in [1.165, 1.54) is 17.7 Å². The van der Waals surface area contributed by atoms with E-state index in [-0.39, 0.29) is 5.69 Å². The number of nitrogens with zero attached hydrogens (tertiary/aromatic N) is 2. The molecule has 3 aromatic rings. The number of rotatable bonds is 3. The SMILES string of the molecule is Cc1ccc(-c2cnccc2-c2ccc([N+](=O)[O-])cc2)cc1.